The third-order valence-corrected chi connectivity index (χ3v) is 7.05. The van der Waals surface area contributed by atoms with E-state index in [0.29, 0.717) is 17.8 Å². The Hall–Kier alpha value is -5.13. The fraction of sp³-hybridized carbons (Fsp3) is 0.273. The van der Waals surface area contributed by atoms with Crippen LogP contribution in [-0.4, -0.2) is 51.9 Å². The minimum absolute atomic E-state index is 0.0114. The van der Waals surface area contributed by atoms with Crippen molar-refractivity contribution in [3.05, 3.63) is 125 Å². The van der Waals surface area contributed by atoms with Gasteiger partial charge >= 0.3 is 12.3 Å². The van der Waals surface area contributed by atoms with E-state index in [4.69, 9.17) is 4.74 Å². The van der Waals surface area contributed by atoms with Gasteiger partial charge < -0.3 is 25.3 Å². The van der Waals surface area contributed by atoms with Crippen LogP contribution >= 0.6 is 0 Å². The standard InChI is InChI=1S/C33H34F3N5O4/c1-23(26-10-6-3-7-11-26)17-38-30(42)20-41(19-24-12-14-27(15-13-24)33(34,35)36)31(43)29(16-28-18-37-22-39-28)40-32(44)45-21-25-8-4-2-5-9-25/h2-15,18,22-23,29H,16-17,19-21H2,1H3,(H,37,39)(H,38,42)(H,40,44)/t23-,29+/m1/s1. The van der Waals surface area contributed by atoms with E-state index >= 15 is 0 Å². The molecule has 1 aromatic heterocycles. The van der Waals surface area contributed by atoms with Crippen molar-refractivity contribution in [3.8, 4) is 0 Å². The average Bonchev–Trinajstić information content (AvgIpc) is 3.55. The Morgan fingerprint density at radius 2 is 1.60 bits per heavy atom. The molecular weight excluding hydrogens is 587 g/mol. The highest BCUT2D eigenvalue weighted by molar-refractivity contribution is 5.89. The summed E-state index contributed by atoms with van der Waals surface area (Å²) in [5.74, 6) is -1.12. The van der Waals surface area contributed by atoms with Gasteiger partial charge in [-0.1, -0.05) is 79.7 Å². The van der Waals surface area contributed by atoms with E-state index in [9.17, 15) is 27.6 Å². The Morgan fingerprint density at radius 1 is 0.933 bits per heavy atom. The quantitative estimate of drug-likeness (QED) is 0.190. The Labute approximate surface area is 258 Å². The molecule has 0 radical (unpaired) electrons. The number of amides is 3. The van der Waals surface area contributed by atoms with Crippen molar-refractivity contribution in [3.63, 3.8) is 0 Å². The van der Waals surface area contributed by atoms with Crippen molar-refractivity contribution in [2.75, 3.05) is 13.1 Å². The van der Waals surface area contributed by atoms with Gasteiger partial charge in [-0.25, -0.2) is 9.78 Å². The number of alkyl carbamates (subject to hydrolysis) is 1. The molecule has 0 aliphatic rings. The Kier molecular flexibility index (Phi) is 11.3. The molecule has 0 aliphatic carbocycles. The molecule has 4 rings (SSSR count). The van der Waals surface area contributed by atoms with Crippen LogP contribution < -0.4 is 10.6 Å². The van der Waals surface area contributed by atoms with Gasteiger partial charge in [0.05, 0.1) is 24.1 Å². The number of rotatable bonds is 13. The SMILES string of the molecule is C[C@H](CNC(=O)CN(Cc1ccc(C(F)(F)F)cc1)C(=O)[C@H](Cc1c[nH]cn1)NC(=O)OCc1ccccc1)c1ccccc1. The number of aromatic amines is 1. The molecule has 0 spiro atoms. The van der Waals surface area contributed by atoms with Crippen LogP contribution in [0.15, 0.2) is 97.5 Å². The molecule has 4 aromatic rings. The molecule has 3 aromatic carbocycles. The minimum Gasteiger partial charge on any atom is -0.445 e. The summed E-state index contributed by atoms with van der Waals surface area (Å²) in [6.07, 6.45) is -2.43. The van der Waals surface area contributed by atoms with Crippen LogP contribution in [0.3, 0.4) is 0 Å². The minimum atomic E-state index is -4.53. The molecule has 1 heterocycles. The zero-order valence-corrected chi connectivity index (χ0v) is 24.6. The Morgan fingerprint density at radius 3 is 2.22 bits per heavy atom. The number of hydrogen-bond donors (Lipinski definition) is 3. The van der Waals surface area contributed by atoms with Crippen molar-refractivity contribution >= 4 is 17.9 Å². The number of carbonyl (C=O) groups is 3. The summed E-state index contributed by atoms with van der Waals surface area (Å²) in [6, 6.07) is 21.7. The van der Waals surface area contributed by atoms with Gasteiger partial charge in [-0.2, -0.15) is 13.2 Å². The summed E-state index contributed by atoms with van der Waals surface area (Å²) in [5.41, 5.74) is 1.76. The number of aromatic nitrogens is 2. The molecule has 0 unspecified atom stereocenters. The van der Waals surface area contributed by atoms with Crippen LogP contribution in [0.2, 0.25) is 0 Å². The molecule has 2 atom stereocenters. The van der Waals surface area contributed by atoms with Gasteiger partial charge in [0.1, 0.15) is 12.6 Å². The molecule has 0 bridgehead atoms. The lowest BCUT2D eigenvalue weighted by Crippen LogP contribution is -2.52. The van der Waals surface area contributed by atoms with Crippen molar-refractivity contribution in [2.24, 2.45) is 0 Å². The highest BCUT2D eigenvalue weighted by Crippen LogP contribution is 2.29. The van der Waals surface area contributed by atoms with Crippen molar-refractivity contribution < 1.29 is 32.3 Å². The third kappa shape index (κ3) is 10.2. The van der Waals surface area contributed by atoms with Gasteiger partial charge in [-0.05, 0) is 34.7 Å². The summed E-state index contributed by atoms with van der Waals surface area (Å²) in [5, 5.41) is 5.41. The fourth-order valence-corrected chi connectivity index (χ4v) is 4.57. The second-order valence-electron chi connectivity index (χ2n) is 10.5. The molecule has 0 saturated heterocycles. The Balaban J connectivity index is 1.51. The molecule has 0 fully saturated rings. The first-order valence-electron chi connectivity index (χ1n) is 14.3. The van der Waals surface area contributed by atoms with E-state index in [2.05, 4.69) is 20.6 Å². The number of nitrogens with zero attached hydrogens (tertiary/aromatic N) is 2. The molecule has 12 heteroatoms. The monoisotopic (exact) mass is 621 g/mol. The lowest BCUT2D eigenvalue weighted by molar-refractivity contribution is -0.138. The van der Waals surface area contributed by atoms with Crippen LogP contribution in [0.5, 0.6) is 0 Å². The van der Waals surface area contributed by atoms with E-state index in [1.807, 2.05) is 43.3 Å². The number of carbonyl (C=O) groups excluding carboxylic acids is 3. The smallest absolute Gasteiger partial charge is 0.416 e. The lowest BCUT2D eigenvalue weighted by Gasteiger charge is -2.28. The van der Waals surface area contributed by atoms with Crippen LogP contribution in [0.25, 0.3) is 0 Å². The first-order chi connectivity index (χ1) is 21.6. The summed E-state index contributed by atoms with van der Waals surface area (Å²) in [7, 11) is 0. The fourth-order valence-electron chi connectivity index (χ4n) is 4.57. The number of nitrogens with one attached hydrogen (secondary N) is 3. The number of imidazole rings is 1. The lowest BCUT2D eigenvalue weighted by atomic mass is 10.0. The van der Waals surface area contributed by atoms with E-state index in [0.717, 1.165) is 23.3 Å². The predicted molar refractivity (Wildman–Crippen MR) is 161 cm³/mol. The van der Waals surface area contributed by atoms with Crippen LogP contribution in [0.4, 0.5) is 18.0 Å². The van der Waals surface area contributed by atoms with Crippen molar-refractivity contribution in [1.82, 2.24) is 25.5 Å². The number of alkyl halides is 3. The second-order valence-corrected chi connectivity index (χ2v) is 10.5. The first kappa shape index (κ1) is 32.8. The maximum Gasteiger partial charge on any atom is 0.416 e. The number of ether oxygens (including phenoxy) is 1. The van der Waals surface area contributed by atoms with Gasteiger partial charge in [0.2, 0.25) is 11.8 Å². The molecule has 0 aliphatic heterocycles. The maximum absolute atomic E-state index is 14.0. The highest BCUT2D eigenvalue weighted by atomic mass is 19.4. The number of benzene rings is 3. The van der Waals surface area contributed by atoms with Gasteiger partial charge in [0.25, 0.3) is 0 Å². The number of H-pyrrole nitrogens is 1. The molecule has 9 nitrogen and oxygen atoms in total. The summed E-state index contributed by atoms with van der Waals surface area (Å²) in [6.45, 7) is 1.63. The van der Waals surface area contributed by atoms with Gasteiger partial charge in [0.15, 0.2) is 0 Å². The Bertz CT molecular complexity index is 1520. The maximum atomic E-state index is 14.0. The third-order valence-electron chi connectivity index (χ3n) is 7.05. The van der Waals surface area contributed by atoms with Crippen LogP contribution in [0, 0.1) is 0 Å². The summed E-state index contributed by atoms with van der Waals surface area (Å²) in [4.78, 5) is 48.0. The van der Waals surface area contributed by atoms with E-state index in [1.54, 1.807) is 30.5 Å². The van der Waals surface area contributed by atoms with Gasteiger partial charge in [-0.15, -0.1) is 0 Å². The van der Waals surface area contributed by atoms with E-state index < -0.39 is 42.2 Å². The number of hydrogen-bond acceptors (Lipinski definition) is 5. The summed E-state index contributed by atoms with van der Waals surface area (Å²) < 4.78 is 44.8. The molecule has 236 valence electrons. The largest absolute Gasteiger partial charge is 0.445 e. The van der Waals surface area contributed by atoms with Gasteiger partial charge in [0, 0.05) is 25.7 Å². The topological polar surface area (TPSA) is 116 Å². The average molecular weight is 622 g/mol. The zero-order valence-electron chi connectivity index (χ0n) is 24.6. The van der Waals surface area contributed by atoms with Crippen molar-refractivity contribution in [1.29, 1.82) is 0 Å². The zero-order chi connectivity index (χ0) is 32.2. The first-order valence-corrected chi connectivity index (χ1v) is 14.3. The highest BCUT2D eigenvalue weighted by Gasteiger charge is 2.31. The van der Waals surface area contributed by atoms with E-state index in [-0.39, 0.29) is 25.5 Å². The normalized spacial score (nSPS) is 12.5. The van der Waals surface area contributed by atoms with Crippen molar-refractivity contribution in [2.45, 2.75) is 44.6 Å². The number of halogens is 3. The predicted octanol–water partition coefficient (Wildman–Crippen LogP) is 5.21. The van der Waals surface area contributed by atoms with Crippen LogP contribution in [-0.2, 0) is 40.1 Å². The second kappa shape index (κ2) is 15.6. The van der Waals surface area contributed by atoms with Gasteiger partial charge in [-0.3, -0.25) is 9.59 Å². The molecule has 3 N–H and O–H groups in total. The molecule has 0 saturated carbocycles. The van der Waals surface area contributed by atoms with E-state index in [1.165, 1.54) is 23.4 Å². The summed E-state index contributed by atoms with van der Waals surface area (Å²) >= 11 is 0. The molecule has 45 heavy (non-hydrogen) atoms. The molecular formula is C33H34F3N5O4. The molecule has 3 amide bonds. The van der Waals surface area contributed by atoms with Crippen LogP contribution in [0.1, 0.15) is 40.8 Å².